The summed E-state index contributed by atoms with van der Waals surface area (Å²) in [6.45, 7) is -0.0809. The molecule has 1 aromatic heterocycles. The van der Waals surface area contributed by atoms with Gasteiger partial charge >= 0.3 is 5.97 Å². The Kier molecular flexibility index (Phi) is 6.83. The fraction of sp³-hybridized carbons (Fsp3) is 0.0588. The van der Waals surface area contributed by atoms with Crippen molar-refractivity contribution >= 4 is 33.7 Å². The first kappa shape index (κ1) is 25.7. The Bertz CT molecular complexity index is 1900. The molecule has 0 aliphatic carbocycles. The van der Waals surface area contributed by atoms with Gasteiger partial charge in [0.05, 0.1) is 16.4 Å². The molecule has 0 radical (unpaired) electrons. The zero-order valence-corrected chi connectivity index (χ0v) is 22.0. The Morgan fingerprint density at radius 3 is 2.15 bits per heavy atom. The highest BCUT2D eigenvalue weighted by Crippen LogP contribution is 2.41. The van der Waals surface area contributed by atoms with Crippen molar-refractivity contribution in [1.29, 1.82) is 0 Å². The number of para-hydroxylation sites is 1. The monoisotopic (exact) mass is 542 g/mol. The number of primary amides is 1. The van der Waals surface area contributed by atoms with Crippen LogP contribution in [0.5, 0.6) is 17.2 Å². The first-order valence-electron chi connectivity index (χ1n) is 13.1. The average Bonchev–Trinajstić information content (AvgIpc) is 3.30. The molecule has 5 aromatic carbocycles. The van der Waals surface area contributed by atoms with E-state index in [4.69, 9.17) is 15.2 Å². The lowest BCUT2D eigenvalue weighted by atomic mass is 10.0. The molecule has 7 heteroatoms. The number of aliphatic carboxylic acids is 1. The number of amides is 1. The number of rotatable bonds is 9. The molecule has 0 atom stereocenters. The topological polar surface area (TPSA) is 104 Å². The van der Waals surface area contributed by atoms with Crippen LogP contribution in [0.1, 0.15) is 15.9 Å². The van der Waals surface area contributed by atoms with E-state index in [-0.39, 0.29) is 0 Å². The lowest BCUT2D eigenvalue weighted by Gasteiger charge is -2.13. The number of hydrogen-bond donors (Lipinski definition) is 2. The molecule has 1 amide bonds. The molecule has 7 nitrogen and oxygen atoms in total. The molecule has 0 spiro atoms. The number of carboxylic acids is 1. The Hall–Kier alpha value is -5.56. The van der Waals surface area contributed by atoms with Gasteiger partial charge in [0, 0.05) is 17.5 Å². The number of carbonyl (C=O) groups is 2. The minimum atomic E-state index is -1.10. The molecule has 3 N–H and O–H groups in total. The van der Waals surface area contributed by atoms with Gasteiger partial charge in [0.15, 0.2) is 6.61 Å². The second kappa shape index (κ2) is 10.9. The summed E-state index contributed by atoms with van der Waals surface area (Å²) in [6.07, 6.45) is 0. The van der Waals surface area contributed by atoms with Crippen LogP contribution in [0.15, 0.2) is 115 Å². The fourth-order valence-electron chi connectivity index (χ4n) is 5.16. The first-order valence-corrected chi connectivity index (χ1v) is 13.1. The van der Waals surface area contributed by atoms with Crippen LogP contribution < -0.4 is 15.2 Å². The van der Waals surface area contributed by atoms with Crippen LogP contribution in [0.25, 0.3) is 32.9 Å². The molecular formula is C34H26N2O5. The number of carboxylic acid groups (broad SMARTS) is 1. The summed E-state index contributed by atoms with van der Waals surface area (Å²) in [6, 6.07) is 36.4. The Balaban J connectivity index is 1.57. The molecule has 0 bridgehead atoms. The van der Waals surface area contributed by atoms with Crippen molar-refractivity contribution in [2.24, 2.45) is 5.73 Å². The molecule has 0 saturated heterocycles. The maximum absolute atomic E-state index is 12.6. The van der Waals surface area contributed by atoms with Crippen molar-refractivity contribution in [2.75, 3.05) is 6.61 Å². The second-order valence-corrected chi connectivity index (χ2v) is 9.63. The molecule has 41 heavy (non-hydrogen) atoms. The van der Waals surface area contributed by atoms with Crippen molar-refractivity contribution in [3.8, 4) is 28.4 Å². The van der Waals surface area contributed by atoms with Crippen molar-refractivity contribution in [3.05, 3.63) is 126 Å². The van der Waals surface area contributed by atoms with Gasteiger partial charge in [0.2, 0.25) is 5.91 Å². The van der Waals surface area contributed by atoms with Crippen LogP contribution in [-0.4, -0.2) is 28.2 Å². The zero-order chi connectivity index (χ0) is 28.3. The highest BCUT2D eigenvalue weighted by Gasteiger charge is 2.22. The maximum Gasteiger partial charge on any atom is 0.341 e. The molecular weight excluding hydrogens is 516 g/mol. The third-order valence-electron chi connectivity index (χ3n) is 6.90. The van der Waals surface area contributed by atoms with E-state index in [9.17, 15) is 14.7 Å². The maximum atomic E-state index is 12.6. The van der Waals surface area contributed by atoms with E-state index in [1.165, 1.54) is 0 Å². The van der Waals surface area contributed by atoms with E-state index in [0.29, 0.717) is 34.4 Å². The predicted molar refractivity (Wildman–Crippen MR) is 159 cm³/mol. The smallest absolute Gasteiger partial charge is 0.341 e. The minimum Gasteiger partial charge on any atom is -0.481 e. The van der Waals surface area contributed by atoms with Gasteiger partial charge in [-0.25, -0.2) is 4.79 Å². The van der Waals surface area contributed by atoms with Crippen LogP contribution >= 0.6 is 0 Å². The van der Waals surface area contributed by atoms with Gasteiger partial charge in [-0.1, -0.05) is 66.7 Å². The van der Waals surface area contributed by atoms with Crippen LogP contribution in [0.3, 0.4) is 0 Å². The zero-order valence-electron chi connectivity index (χ0n) is 22.0. The van der Waals surface area contributed by atoms with Gasteiger partial charge in [-0.15, -0.1) is 0 Å². The minimum absolute atomic E-state index is 0.333. The largest absolute Gasteiger partial charge is 0.481 e. The van der Waals surface area contributed by atoms with Gasteiger partial charge < -0.3 is 24.9 Å². The van der Waals surface area contributed by atoms with E-state index >= 15 is 0 Å². The molecule has 202 valence electrons. The Morgan fingerprint density at radius 1 is 0.707 bits per heavy atom. The van der Waals surface area contributed by atoms with Crippen molar-refractivity contribution < 1.29 is 24.2 Å². The molecule has 6 rings (SSSR count). The number of aromatic nitrogens is 1. The SMILES string of the molecule is NC(=O)c1cccc2c1c1c(OCC(=O)O)cc(-c3ccccc3)cc1n2Cc1cccc(Oc2ccccc2)c1. The average molecular weight is 543 g/mol. The van der Waals surface area contributed by atoms with E-state index in [1.54, 1.807) is 12.1 Å². The van der Waals surface area contributed by atoms with Crippen LogP contribution in [0.2, 0.25) is 0 Å². The second-order valence-electron chi connectivity index (χ2n) is 9.63. The fourth-order valence-corrected chi connectivity index (χ4v) is 5.16. The third kappa shape index (κ3) is 5.21. The molecule has 0 aliphatic rings. The van der Waals surface area contributed by atoms with E-state index in [1.807, 2.05) is 103 Å². The molecule has 0 fully saturated rings. The molecule has 6 aromatic rings. The summed E-state index contributed by atoms with van der Waals surface area (Å²) < 4.78 is 14.0. The molecule has 0 saturated carbocycles. The number of fused-ring (bicyclic) bond motifs is 3. The summed E-state index contributed by atoms with van der Waals surface area (Å²) in [4.78, 5) is 24.1. The Labute approximate surface area is 236 Å². The quantitative estimate of drug-likeness (QED) is 0.208. The number of carbonyl (C=O) groups excluding carboxylic acids is 1. The van der Waals surface area contributed by atoms with Crippen molar-refractivity contribution in [1.82, 2.24) is 4.57 Å². The summed E-state index contributed by atoms with van der Waals surface area (Å²) in [5.41, 5.74) is 10.5. The molecule has 0 aliphatic heterocycles. The number of nitrogens with two attached hydrogens (primary N) is 1. The van der Waals surface area contributed by atoms with Crippen LogP contribution in [0, 0.1) is 0 Å². The highest BCUT2D eigenvalue weighted by molar-refractivity contribution is 6.20. The lowest BCUT2D eigenvalue weighted by Crippen LogP contribution is -2.11. The van der Waals surface area contributed by atoms with E-state index in [0.717, 1.165) is 33.5 Å². The summed E-state index contributed by atoms with van der Waals surface area (Å²) >= 11 is 0. The van der Waals surface area contributed by atoms with Crippen molar-refractivity contribution in [3.63, 3.8) is 0 Å². The van der Waals surface area contributed by atoms with Crippen LogP contribution in [0.4, 0.5) is 0 Å². The van der Waals surface area contributed by atoms with E-state index < -0.39 is 18.5 Å². The predicted octanol–water partition coefficient (Wildman–Crippen LogP) is 6.86. The van der Waals surface area contributed by atoms with Crippen LogP contribution in [-0.2, 0) is 11.3 Å². The summed E-state index contributed by atoms with van der Waals surface area (Å²) in [5, 5.41) is 10.7. The first-order chi connectivity index (χ1) is 20.0. The third-order valence-corrected chi connectivity index (χ3v) is 6.90. The number of ether oxygens (including phenoxy) is 2. The van der Waals surface area contributed by atoms with Gasteiger partial charge in [-0.05, 0) is 65.2 Å². The summed E-state index contributed by atoms with van der Waals surface area (Å²) in [5.74, 6) is 0.118. The lowest BCUT2D eigenvalue weighted by molar-refractivity contribution is -0.139. The van der Waals surface area contributed by atoms with Gasteiger partial charge in [0.25, 0.3) is 0 Å². The standard InChI is InChI=1S/C34H26N2O5/c35-34(39)27-15-8-16-28-32(27)33-29(18-24(23-10-3-1-4-11-23)19-30(33)40-21-31(37)38)36(28)20-22-9-7-14-26(17-22)41-25-12-5-2-6-13-25/h1-19H,20-21H2,(H2,35,39)(H,37,38). The number of nitrogens with zero attached hydrogens (tertiary/aromatic N) is 1. The number of benzene rings is 5. The molecule has 1 heterocycles. The van der Waals surface area contributed by atoms with Gasteiger partial charge in [0.1, 0.15) is 17.2 Å². The highest BCUT2D eigenvalue weighted by atomic mass is 16.5. The summed E-state index contributed by atoms with van der Waals surface area (Å²) in [7, 11) is 0. The van der Waals surface area contributed by atoms with E-state index in [2.05, 4.69) is 4.57 Å². The Morgan fingerprint density at radius 2 is 1.41 bits per heavy atom. The normalized spacial score (nSPS) is 11.0. The molecule has 0 unspecified atom stereocenters. The number of hydrogen-bond acceptors (Lipinski definition) is 4. The van der Waals surface area contributed by atoms with Gasteiger partial charge in [-0.3, -0.25) is 4.79 Å². The van der Waals surface area contributed by atoms with Crippen molar-refractivity contribution in [2.45, 2.75) is 6.54 Å². The van der Waals surface area contributed by atoms with Gasteiger partial charge in [-0.2, -0.15) is 0 Å².